The van der Waals surface area contributed by atoms with E-state index in [0.29, 0.717) is 30.3 Å². The second-order valence-corrected chi connectivity index (χ2v) is 9.73. The normalized spacial score (nSPS) is 17.0. The summed E-state index contributed by atoms with van der Waals surface area (Å²) in [7, 11) is 0. The smallest absolute Gasteiger partial charge is 0.328 e. The van der Waals surface area contributed by atoms with E-state index in [1.165, 1.54) is 23.3 Å². The van der Waals surface area contributed by atoms with Crippen molar-refractivity contribution in [3.8, 4) is 0 Å². The third-order valence-corrected chi connectivity index (χ3v) is 6.93. The topological polar surface area (TPSA) is 188 Å². The highest BCUT2D eigenvalue weighted by Crippen LogP contribution is 2.34. The first kappa shape index (κ1) is 33.4. The Bertz CT molecular complexity index is 1460. The summed E-state index contributed by atoms with van der Waals surface area (Å²) in [6, 6.07) is 14.2. The molecule has 2 aliphatic rings. The van der Waals surface area contributed by atoms with Gasteiger partial charge in [-0.25, -0.2) is 33.6 Å². The number of hydrogen-bond donors (Lipinski definition) is 5. The number of nitrogens with one attached hydrogen (secondary N) is 1. The van der Waals surface area contributed by atoms with E-state index in [0.717, 1.165) is 62.3 Å². The molecular weight excluding hydrogens is 577 g/mol. The standard InChI is InChI=1S/C22H26FN5.2C4H4O4/c1-2-21-18-6-4-3-5-16(18)9-10-28(21)27-13-11-26(12-14-27)22-19-8-7-17(23)15-20(19)24-25-22;2*5-3(6)1-2-4(7)8/h3-8,15,21H,2,9-14H2,1H3,(H,24,25);2*1-2H,(H,5,6)(H,7,8)/b;2*2-1+. The number of carboxylic acid groups (broad SMARTS) is 4. The zero-order valence-corrected chi connectivity index (χ0v) is 24.0. The number of H-pyrrole nitrogens is 1. The number of carboxylic acids is 4. The minimum Gasteiger partial charge on any atom is -0.478 e. The number of piperazine rings is 1. The van der Waals surface area contributed by atoms with Gasteiger partial charge >= 0.3 is 23.9 Å². The molecule has 1 aromatic heterocycles. The molecule has 14 heteroatoms. The quantitative estimate of drug-likeness (QED) is 0.246. The summed E-state index contributed by atoms with van der Waals surface area (Å²) < 4.78 is 13.4. The van der Waals surface area contributed by atoms with Gasteiger partial charge < -0.3 is 25.3 Å². The van der Waals surface area contributed by atoms with Crippen LogP contribution in [0.15, 0.2) is 66.8 Å². The van der Waals surface area contributed by atoms with Crippen LogP contribution < -0.4 is 4.90 Å². The molecular formula is C30H34FN5O8. The summed E-state index contributed by atoms with van der Waals surface area (Å²) in [5, 5.41) is 44.8. The van der Waals surface area contributed by atoms with Gasteiger partial charge in [0.15, 0.2) is 5.82 Å². The second kappa shape index (κ2) is 16.0. The lowest BCUT2D eigenvalue weighted by molar-refractivity contribution is -0.134. The van der Waals surface area contributed by atoms with Gasteiger partial charge in [0.2, 0.25) is 0 Å². The average molecular weight is 612 g/mol. The van der Waals surface area contributed by atoms with Crippen LogP contribution in [0.2, 0.25) is 0 Å². The van der Waals surface area contributed by atoms with Crippen molar-refractivity contribution in [2.75, 3.05) is 37.6 Å². The van der Waals surface area contributed by atoms with Gasteiger partial charge in [0.25, 0.3) is 0 Å². The number of rotatable bonds is 7. The Labute approximate surface area is 252 Å². The van der Waals surface area contributed by atoms with Crippen LogP contribution >= 0.6 is 0 Å². The number of anilines is 1. The molecule has 0 spiro atoms. The molecule has 5 N–H and O–H groups in total. The molecule has 0 aliphatic carbocycles. The number of carbonyl (C=O) groups is 4. The molecule has 5 rings (SSSR count). The van der Waals surface area contributed by atoms with Gasteiger partial charge in [-0.1, -0.05) is 31.2 Å². The minimum atomic E-state index is -1.26. The number of hydrazine groups is 1. The van der Waals surface area contributed by atoms with Gasteiger partial charge in [-0.3, -0.25) is 5.10 Å². The van der Waals surface area contributed by atoms with E-state index in [1.54, 1.807) is 0 Å². The average Bonchev–Trinajstić information content (AvgIpc) is 3.42. The predicted molar refractivity (Wildman–Crippen MR) is 159 cm³/mol. The van der Waals surface area contributed by atoms with Crippen LogP contribution in [-0.2, 0) is 25.6 Å². The molecule has 13 nitrogen and oxygen atoms in total. The number of benzene rings is 2. The van der Waals surface area contributed by atoms with E-state index in [4.69, 9.17) is 20.4 Å². The van der Waals surface area contributed by atoms with Crippen LogP contribution in [0.4, 0.5) is 10.2 Å². The highest BCUT2D eigenvalue weighted by Gasteiger charge is 2.32. The summed E-state index contributed by atoms with van der Waals surface area (Å²) in [4.78, 5) is 40.5. The predicted octanol–water partition coefficient (Wildman–Crippen LogP) is 3.17. The van der Waals surface area contributed by atoms with Gasteiger partial charge in [0.1, 0.15) is 5.82 Å². The van der Waals surface area contributed by atoms with Crippen LogP contribution in [0.25, 0.3) is 10.9 Å². The maximum absolute atomic E-state index is 13.4. The van der Waals surface area contributed by atoms with Crippen molar-refractivity contribution in [3.63, 3.8) is 0 Å². The lowest BCUT2D eigenvalue weighted by atomic mass is 9.92. The molecule has 1 saturated heterocycles. The van der Waals surface area contributed by atoms with Crippen LogP contribution in [0.1, 0.15) is 30.5 Å². The van der Waals surface area contributed by atoms with E-state index in [-0.39, 0.29) is 5.82 Å². The first-order valence-electron chi connectivity index (χ1n) is 13.8. The Morgan fingerprint density at radius 1 is 0.864 bits per heavy atom. The third kappa shape index (κ3) is 9.47. The van der Waals surface area contributed by atoms with E-state index >= 15 is 0 Å². The van der Waals surface area contributed by atoms with Crippen molar-refractivity contribution < 1.29 is 44.0 Å². The van der Waals surface area contributed by atoms with Crippen molar-refractivity contribution in [2.45, 2.75) is 25.8 Å². The van der Waals surface area contributed by atoms with Gasteiger partial charge in [-0.05, 0) is 42.2 Å². The van der Waals surface area contributed by atoms with Crippen LogP contribution in [-0.4, -0.2) is 97.2 Å². The zero-order chi connectivity index (χ0) is 32.2. The number of fused-ring (bicyclic) bond motifs is 2. The maximum atomic E-state index is 13.4. The van der Waals surface area contributed by atoms with Crippen molar-refractivity contribution in [1.29, 1.82) is 0 Å². The highest BCUT2D eigenvalue weighted by molar-refractivity contribution is 5.91. The van der Waals surface area contributed by atoms with Gasteiger partial charge in [0, 0.05) is 68.5 Å². The molecule has 2 aliphatic heterocycles. The minimum absolute atomic E-state index is 0.233. The molecule has 0 radical (unpaired) electrons. The van der Waals surface area contributed by atoms with Gasteiger partial charge in [-0.15, -0.1) is 0 Å². The third-order valence-electron chi connectivity index (χ3n) is 6.93. The van der Waals surface area contributed by atoms with Crippen molar-refractivity contribution in [3.05, 3.63) is 83.7 Å². The SMILES string of the molecule is CCC1c2ccccc2CCN1N1CCN(c2n[nH]c3cc(F)ccc23)CC1.O=C(O)/C=C/C(=O)O.O=C(O)/C=C/C(=O)O. The molecule has 234 valence electrons. The molecule has 3 aromatic rings. The Morgan fingerprint density at radius 2 is 1.43 bits per heavy atom. The second-order valence-electron chi connectivity index (χ2n) is 9.73. The number of aromatic amines is 1. The summed E-state index contributed by atoms with van der Waals surface area (Å²) in [6.45, 7) is 7.17. The van der Waals surface area contributed by atoms with E-state index < -0.39 is 23.9 Å². The molecule has 44 heavy (non-hydrogen) atoms. The highest BCUT2D eigenvalue weighted by atomic mass is 19.1. The fraction of sp³-hybridized carbons (Fsp3) is 0.300. The number of aliphatic carboxylic acids is 4. The Balaban J connectivity index is 0.000000275. The largest absolute Gasteiger partial charge is 0.478 e. The van der Waals surface area contributed by atoms with Crippen molar-refractivity contribution >= 4 is 40.6 Å². The van der Waals surface area contributed by atoms with E-state index in [2.05, 4.69) is 56.3 Å². The van der Waals surface area contributed by atoms with E-state index in [9.17, 15) is 23.6 Å². The Kier molecular flexibility index (Phi) is 12.1. The number of hydrogen-bond acceptors (Lipinski definition) is 8. The van der Waals surface area contributed by atoms with Crippen molar-refractivity contribution in [1.82, 2.24) is 20.2 Å². The number of halogens is 1. The Hall–Kier alpha value is -5.08. The lowest BCUT2D eigenvalue weighted by Crippen LogP contribution is -2.56. The summed E-state index contributed by atoms with van der Waals surface area (Å²) in [5.41, 5.74) is 3.74. The summed E-state index contributed by atoms with van der Waals surface area (Å²) >= 11 is 0. The molecule has 0 amide bonds. The van der Waals surface area contributed by atoms with Crippen LogP contribution in [0.3, 0.4) is 0 Å². The molecule has 0 saturated carbocycles. The summed E-state index contributed by atoms with van der Waals surface area (Å²) in [6.07, 6.45) is 4.46. The molecule has 3 heterocycles. The van der Waals surface area contributed by atoms with Crippen molar-refractivity contribution in [2.24, 2.45) is 0 Å². The molecule has 1 atom stereocenters. The lowest BCUT2D eigenvalue weighted by Gasteiger charge is -2.47. The molecule has 0 bridgehead atoms. The first-order valence-corrected chi connectivity index (χ1v) is 13.8. The van der Waals surface area contributed by atoms with Gasteiger partial charge in [-0.2, -0.15) is 5.10 Å². The van der Waals surface area contributed by atoms with E-state index in [1.807, 2.05) is 6.07 Å². The van der Waals surface area contributed by atoms with Crippen LogP contribution in [0, 0.1) is 5.82 Å². The summed E-state index contributed by atoms with van der Waals surface area (Å²) in [5.74, 6) is -4.33. The van der Waals surface area contributed by atoms with Gasteiger partial charge in [0.05, 0.1) is 5.52 Å². The first-order chi connectivity index (χ1) is 21.0. The fourth-order valence-electron chi connectivity index (χ4n) is 5.08. The molecule has 2 aromatic carbocycles. The number of aromatic nitrogens is 2. The number of nitrogens with zero attached hydrogens (tertiary/aromatic N) is 4. The monoisotopic (exact) mass is 611 g/mol. The molecule has 1 fully saturated rings. The zero-order valence-electron chi connectivity index (χ0n) is 24.0. The fourth-order valence-corrected chi connectivity index (χ4v) is 5.08. The van der Waals surface area contributed by atoms with Crippen LogP contribution in [0.5, 0.6) is 0 Å². The molecule has 1 unspecified atom stereocenters. The maximum Gasteiger partial charge on any atom is 0.328 e. The Morgan fingerprint density at radius 3 is 1.98 bits per heavy atom.